The maximum atomic E-state index is 12.7. The fourth-order valence-corrected chi connectivity index (χ4v) is 4.63. The molecular formula is C19H16N4O4S2. The van der Waals surface area contributed by atoms with Crippen LogP contribution in [0.15, 0.2) is 41.8 Å². The predicted molar refractivity (Wildman–Crippen MR) is 110 cm³/mol. The van der Waals surface area contributed by atoms with E-state index in [9.17, 15) is 14.4 Å². The molecule has 1 unspecified atom stereocenters. The largest absolute Gasteiger partial charge is 0.465 e. The van der Waals surface area contributed by atoms with E-state index in [2.05, 4.69) is 15.5 Å². The highest BCUT2D eigenvalue weighted by molar-refractivity contribution is 7.23. The number of hydrogen-bond acceptors (Lipinski definition) is 8. The van der Waals surface area contributed by atoms with Crippen LogP contribution in [0.25, 0.3) is 9.88 Å². The molecule has 1 atom stereocenters. The summed E-state index contributed by atoms with van der Waals surface area (Å²) in [5.41, 5.74) is 0.727. The third kappa shape index (κ3) is 3.89. The van der Waals surface area contributed by atoms with E-state index in [4.69, 9.17) is 4.74 Å². The van der Waals surface area contributed by atoms with Gasteiger partial charge in [-0.15, -0.1) is 21.5 Å². The number of nitrogens with one attached hydrogen (secondary N) is 1. The van der Waals surface area contributed by atoms with Crippen LogP contribution in [0.3, 0.4) is 0 Å². The Morgan fingerprint density at radius 2 is 2.03 bits per heavy atom. The minimum Gasteiger partial charge on any atom is -0.465 e. The lowest BCUT2D eigenvalue weighted by atomic mass is 10.1. The molecule has 29 heavy (non-hydrogen) atoms. The lowest BCUT2D eigenvalue weighted by Gasteiger charge is -2.19. The van der Waals surface area contributed by atoms with Crippen LogP contribution < -0.4 is 10.2 Å². The van der Waals surface area contributed by atoms with Crippen LogP contribution in [-0.2, 0) is 14.3 Å². The second-order valence-electron chi connectivity index (χ2n) is 6.29. The van der Waals surface area contributed by atoms with Crippen LogP contribution in [0, 0.1) is 5.92 Å². The van der Waals surface area contributed by atoms with E-state index in [0.29, 0.717) is 10.8 Å². The van der Waals surface area contributed by atoms with Crippen LogP contribution in [0.2, 0.25) is 0 Å². The van der Waals surface area contributed by atoms with Crippen LogP contribution in [0.5, 0.6) is 0 Å². The average molecular weight is 428 g/mol. The van der Waals surface area contributed by atoms with Crippen molar-refractivity contribution < 1.29 is 19.1 Å². The van der Waals surface area contributed by atoms with E-state index in [-0.39, 0.29) is 30.3 Å². The summed E-state index contributed by atoms with van der Waals surface area (Å²) in [4.78, 5) is 39.6. The van der Waals surface area contributed by atoms with Crippen molar-refractivity contribution in [2.45, 2.75) is 6.42 Å². The van der Waals surface area contributed by atoms with Gasteiger partial charge < -0.3 is 15.0 Å². The van der Waals surface area contributed by atoms with Gasteiger partial charge in [0, 0.05) is 13.0 Å². The zero-order chi connectivity index (χ0) is 20.4. The topological polar surface area (TPSA) is 101 Å². The van der Waals surface area contributed by atoms with Gasteiger partial charge in [0.05, 0.1) is 29.2 Å². The van der Waals surface area contributed by atoms with Crippen molar-refractivity contribution in [2.24, 2.45) is 5.92 Å². The number of nitrogens with zero attached hydrogens (tertiary/aromatic N) is 3. The summed E-state index contributed by atoms with van der Waals surface area (Å²) in [5.74, 6) is -1.61. The Balaban J connectivity index is 1.47. The van der Waals surface area contributed by atoms with Crippen molar-refractivity contribution in [1.82, 2.24) is 10.2 Å². The number of carbonyl (C=O) groups excluding carboxylic acids is 3. The summed E-state index contributed by atoms with van der Waals surface area (Å²) >= 11 is 2.82. The third-order valence-corrected chi connectivity index (χ3v) is 6.36. The number of para-hydroxylation sites is 1. The van der Waals surface area contributed by atoms with Crippen LogP contribution in [0.1, 0.15) is 16.8 Å². The Morgan fingerprint density at radius 1 is 1.21 bits per heavy atom. The number of amides is 2. The first-order valence-corrected chi connectivity index (χ1v) is 10.4. The smallest absolute Gasteiger partial charge is 0.339 e. The molecule has 1 saturated heterocycles. The molecule has 3 heterocycles. The van der Waals surface area contributed by atoms with E-state index in [0.717, 1.165) is 9.88 Å². The van der Waals surface area contributed by atoms with Gasteiger partial charge in [0.15, 0.2) is 5.01 Å². The SMILES string of the molecule is COC(=O)c1ccccc1N1CC(C(=O)Nc2nnc(-c3cccs3)s2)CC1=O. The van der Waals surface area contributed by atoms with Gasteiger partial charge in [-0.05, 0) is 23.6 Å². The quantitative estimate of drug-likeness (QED) is 0.627. The van der Waals surface area contributed by atoms with Crippen molar-refractivity contribution in [1.29, 1.82) is 0 Å². The molecule has 1 aliphatic heterocycles. The number of rotatable bonds is 5. The Kier molecular flexibility index (Phi) is 5.36. The van der Waals surface area contributed by atoms with Crippen molar-refractivity contribution >= 4 is 51.3 Å². The Bertz CT molecular complexity index is 1060. The highest BCUT2D eigenvalue weighted by atomic mass is 32.1. The molecule has 0 radical (unpaired) electrons. The summed E-state index contributed by atoms with van der Waals surface area (Å²) in [5, 5.41) is 13.9. The Hall–Kier alpha value is -3.11. The number of anilines is 2. The number of methoxy groups -OCH3 is 1. The maximum Gasteiger partial charge on any atom is 0.339 e. The standard InChI is InChI=1S/C19H16N4O4S2/c1-27-18(26)12-5-2-3-6-13(12)23-10-11(9-15(23)24)16(25)20-19-22-21-17(29-19)14-7-4-8-28-14/h2-8,11H,9-10H2,1H3,(H,20,22,25). The molecule has 8 nitrogen and oxygen atoms in total. The fourth-order valence-electron chi connectivity index (χ4n) is 3.09. The van der Waals surface area contributed by atoms with Gasteiger partial charge in [0.25, 0.3) is 0 Å². The lowest BCUT2D eigenvalue weighted by Crippen LogP contribution is -2.29. The normalized spacial score (nSPS) is 16.1. The number of carbonyl (C=O) groups is 3. The monoisotopic (exact) mass is 428 g/mol. The van der Waals surface area contributed by atoms with E-state index < -0.39 is 11.9 Å². The molecule has 10 heteroatoms. The number of aromatic nitrogens is 2. The number of ether oxygens (including phenoxy) is 1. The van der Waals surface area contributed by atoms with E-state index in [1.54, 1.807) is 35.6 Å². The van der Waals surface area contributed by atoms with E-state index in [1.807, 2.05) is 17.5 Å². The molecule has 4 rings (SSSR count). The van der Waals surface area contributed by atoms with Crippen molar-refractivity contribution in [3.63, 3.8) is 0 Å². The predicted octanol–water partition coefficient (Wildman–Crippen LogP) is 3.04. The van der Waals surface area contributed by atoms with Gasteiger partial charge in [-0.3, -0.25) is 9.59 Å². The second kappa shape index (κ2) is 8.10. The molecule has 148 valence electrons. The maximum absolute atomic E-state index is 12.7. The number of esters is 1. The lowest BCUT2D eigenvalue weighted by molar-refractivity contribution is -0.122. The molecule has 0 aliphatic carbocycles. The van der Waals surface area contributed by atoms with Gasteiger partial charge in [-0.25, -0.2) is 4.79 Å². The van der Waals surface area contributed by atoms with Gasteiger partial charge >= 0.3 is 5.97 Å². The molecule has 2 aromatic heterocycles. The first-order chi connectivity index (χ1) is 14.1. The zero-order valence-electron chi connectivity index (χ0n) is 15.3. The van der Waals surface area contributed by atoms with Crippen LogP contribution in [0.4, 0.5) is 10.8 Å². The summed E-state index contributed by atoms with van der Waals surface area (Å²) in [6, 6.07) is 10.5. The van der Waals surface area contributed by atoms with Crippen molar-refractivity contribution in [2.75, 3.05) is 23.9 Å². The van der Waals surface area contributed by atoms with Gasteiger partial charge in [0.2, 0.25) is 16.9 Å². The van der Waals surface area contributed by atoms with Crippen molar-refractivity contribution in [3.05, 3.63) is 47.3 Å². The van der Waals surface area contributed by atoms with Crippen LogP contribution >= 0.6 is 22.7 Å². The highest BCUT2D eigenvalue weighted by Crippen LogP contribution is 2.32. The molecular weight excluding hydrogens is 412 g/mol. The van der Waals surface area contributed by atoms with Gasteiger partial charge in [-0.1, -0.05) is 29.5 Å². The Morgan fingerprint density at radius 3 is 2.79 bits per heavy atom. The minimum absolute atomic E-state index is 0.0535. The minimum atomic E-state index is -0.553. The summed E-state index contributed by atoms with van der Waals surface area (Å²) in [6.07, 6.45) is 0.0535. The Labute approximate surface area is 174 Å². The average Bonchev–Trinajstić information content (AvgIpc) is 3.48. The molecule has 2 amide bonds. The molecule has 1 fully saturated rings. The molecule has 1 aliphatic rings. The third-order valence-electron chi connectivity index (χ3n) is 4.48. The molecule has 0 spiro atoms. The first kappa shape index (κ1) is 19.2. The number of hydrogen-bond donors (Lipinski definition) is 1. The van der Waals surface area contributed by atoms with Crippen molar-refractivity contribution in [3.8, 4) is 9.88 Å². The summed E-state index contributed by atoms with van der Waals surface area (Å²) in [7, 11) is 1.29. The van der Waals surface area contributed by atoms with E-state index >= 15 is 0 Å². The fraction of sp³-hybridized carbons (Fsp3) is 0.211. The summed E-state index contributed by atoms with van der Waals surface area (Å²) in [6.45, 7) is 0.176. The molecule has 0 bridgehead atoms. The second-order valence-corrected chi connectivity index (χ2v) is 8.22. The molecule has 1 aromatic carbocycles. The van der Waals surface area contributed by atoms with Gasteiger partial charge in [0.1, 0.15) is 0 Å². The molecule has 0 saturated carbocycles. The summed E-state index contributed by atoms with van der Waals surface area (Å²) < 4.78 is 4.79. The number of benzene rings is 1. The van der Waals surface area contributed by atoms with Crippen LogP contribution in [-0.4, -0.2) is 41.6 Å². The molecule has 3 aromatic rings. The highest BCUT2D eigenvalue weighted by Gasteiger charge is 2.37. The van der Waals surface area contributed by atoms with E-state index in [1.165, 1.54) is 23.3 Å². The zero-order valence-corrected chi connectivity index (χ0v) is 17.0. The van der Waals surface area contributed by atoms with Gasteiger partial charge in [-0.2, -0.15) is 0 Å². The number of thiophene rings is 1. The first-order valence-electron chi connectivity index (χ1n) is 8.72. The molecule has 1 N–H and O–H groups in total.